The molecule has 0 aliphatic carbocycles. The molecule has 0 spiro atoms. The Morgan fingerprint density at radius 2 is 1.88 bits per heavy atom. The minimum atomic E-state index is 0.891. The number of likely N-dealkylation sites (tertiary alicyclic amines) is 1. The first-order valence-corrected chi connectivity index (χ1v) is 6.79. The van der Waals surface area contributed by atoms with Crippen LogP contribution in [0.25, 0.3) is 0 Å². The van der Waals surface area contributed by atoms with Crippen molar-refractivity contribution >= 4 is 15.9 Å². The van der Waals surface area contributed by atoms with E-state index in [1.165, 1.54) is 36.2 Å². The van der Waals surface area contributed by atoms with Crippen LogP contribution in [0.2, 0.25) is 0 Å². The number of hydrogen-bond donors (Lipinski definition) is 1. The van der Waals surface area contributed by atoms with Crippen molar-refractivity contribution < 1.29 is 0 Å². The summed E-state index contributed by atoms with van der Waals surface area (Å²) in [6.45, 7) is 6.06. The van der Waals surface area contributed by atoms with E-state index in [2.05, 4.69) is 50.4 Å². The van der Waals surface area contributed by atoms with Crippen LogP contribution in [-0.2, 0) is 6.54 Å². The fraction of sp³-hybridized carbons (Fsp3) is 0.538. The lowest BCUT2D eigenvalue weighted by atomic mass is 10.0. The van der Waals surface area contributed by atoms with Crippen LogP contribution in [0.5, 0.6) is 0 Å². The second-order valence-corrected chi connectivity index (χ2v) is 5.82. The first-order valence-electron chi connectivity index (χ1n) is 5.99. The van der Waals surface area contributed by atoms with Crippen LogP contribution in [0.3, 0.4) is 0 Å². The van der Waals surface area contributed by atoms with Gasteiger partial charge in [-0.15, -0.1) is 0 Å². The quantitative estimate of drug-likeness (QED) is 0.893. The van der Waals surface area contributed by atoms with Crippen molar-refractivity contribution in [1.29, 1.82) is 0 Å². The Labute approximate surface area is 105 Å². The Morgan fingerprint density at radius 3 is 2.56 bits per heavy atom. The molecule has 2 aliphatic rings. The number of halogens is 1. The van der Waals surface area contributed by atoms with E-state index < -0.39 is 0 Å². The van der Waals surface area contributed by atoms with E-state index in [4.69, 9.17) is 0 Å². The third-order valence-corrected chi connectivity index (χ3v) is 4.59. The first-order chi connectivity index (χ1) is 7.83. The lowest BCUT2D eigenvalue weighted by Crippen LogP contribution is -2.25. The van der Waals surface area contributed by atoms with Crippen LogP contribution in [0.15, 0.2) is 28.7 Å². The van der Waals surface area contributed by atoms with Crippen LogP contribution in [0, 0.1) is 11.8 Å². The lowest BCUT2D eigenvalue weighted by molar-refractivity contribution is 0.305. The van der Waals surface area contributed by atoms with E-state index in [1.54, 1.807) is 0 Å². The summed E-state index contributed by atoms with van der Waals surface area (Å²) in [4.78, 5) is 2.59. The average molecular weight is 281 g/mol. The summed E-state index contributed by atoms with van der Waals surface area (Å²) in [5.74, 6) is 1.78. The predicted molar refractivity (Wildman–Crippen MR) is 69.3 cm³/mol. The topological polar surface area (TPSA) is 15.3 Å². The van der Waals surface area contributed by atoms with Crippen LogP contribution < -0.4 is 5.32 Å². The zero-order chi connectivity index (χ0) is 11.0. The third kappa shape index (κ3) is 2.04. The molecule has 0 aromatic heterocycles. The van der Waals surface area contributed by atoms with Crippen molar-refractivity contribution in [2.24, 2.45) is 11.8 Å². The second-order valence-electron chi connectivity index (χ2n) is 4.96. The van der Waals surface area contributed by atoms with Gasteiger partial charge in [0.25, 0.3) is 0 Å². The maximum absolute atomic E-state index is 3.63. The number of nitrogens with one attached hydrogen (secondary N) is 1. The van der Waals surface area contributed by atoms with Gasteiger partial charge in [-0.05, 0) is 36.6 Å². The highest BCUT2D eigenvalue weighted by Gasteiger charge is 2.35. The van der Waals surface area contributed by atoms with Gasteiger partial charge in [-0.25, -0.2) is 0 Å². The lowest BCUT2D eigenvalue weighted by Gasteiger charge is -2.17. The van der Waals surface area contributed by atoms with Gasteiger partial charge in [-0.1, -0.05) is 34.1 Å². The number of rotatable bonds is 2. The van der Waals surface area contributed by atoms with E-state index in [1.807, 2.05) is 0 Å². The molecule has 2 aliphatic heterocycles. The van der Waals surface area contributed by atoms with Crippen LogP contribution in [0.4, 0.5) is 0 Å². The molecule has 1 N–H and O–H groups in total. The zero-order valence-corrected chi connectivity index (χ0v) is 10.9. The van der Waals surface area contributed by atoms with Crippen molar-refractivity contribution in [2.45, 2.75) is 6.54 Å². The van der Waals surface area contributed by atoms with Gasteiger partial charge in [-0.2, -0.15) is 0 Å². The van der Waals surface area contributed by atoms with Gasteiger partial charge in [0.1, 0.15) is 0 Å². The standard InChI is InChI=1S/C13H17BrN2/c14-13-4-2-1-3-10(13)7-16-8-11-5-15-6-12(11)9-16/h1-4,11-12,15H,5-9H2. The SMILES string of the molecule is Brc1ccccc1CN1CC2CNCC2C1. The second kappa shape index (κ2) is 4.47. The smallest absolute Gasteiger partial charge is 0.0245 e. The van der Waals surface area contributed by atoms with Crippen LogP contribution >= 0.6 is 15.9 Å². The molecule has 3 heteroatoms. The number of benzene rings is 1. The fourth-order valence-electron chi connectivity index (χ4n) is 2.95. The molecule has 86 valence electrons. The summed E-state index contributed by atoms with van der Waals surface area (Å²) in [6.07, 6.45) is 0. The maximum atomic E-state index is 3.63. The molecule has 2 saturated heterocycles. The monoisotopic (exact) mass is 280 g/mol. The van der Waals surface area contributed by atoms with Gasteiger partial charge < -0.3 is 5.32 Å². The molecule has 16 heavy (non-hydrogen) atoms. The molecule has 2 unspecified atom stereocenters. The van der Waals surface area contributed by atoms with Gasteiger partial charge in [0.15, 0.2) is 0 Å². The molecule has 0 bridgehead atoms. The average Bonchev–Trinajstić information content (AvgIpc) is 2.81. The largest absolute Gasteiger partial charge is 0.316 e. The summed E-state index contributed by atoms with van der Waals surface area (Å²) in [5, 5.41) is 3.48. The Hall–Kier alpha value is -0.380. The van der Waals surface area contributed by atoms with E-state index in [-0.39, 0.29) is 0 Å². The molecule has 3 rings (SSSR count). The molecule has 1 aromatic carbocycles. The highest BCUT2D eigenvalue weighted by Crippen LogP contribution is 2.28. The minimum Gasteiger partial charge on any atom is -0.316 e. The molecule has 2 fully saturated rings. The van der Waals surface area contributed by atoms with Gasteiger partial charge in [0, 0.05) is 24.1 Å². The third-order valence-electron chi connectivity index (χ3n) is 3.82. The van der Waals surface area contributed by atoms with E-state index in [9.17, 15) is 0 Å². The fourth-order valence-corrected chi connectivity index (χ4v) is 3.36. The Balaban J connectivity index is 1.66. The number of hydrogen-bond acceptors (Lipinski definition) is 2. The summed E-state index contributed by atoms with van der Waals surface area (Å²) in [7, 11) is 0. The van der Waals surface area contributed by atoms with Crippen LogP contribution in [-0.4, -0.2) is 31.1 Å². The van der Waals surface area contributed by atoms with Crippen molar-refractivity contribution in [1.82, 2.24) is 10.2 Å². The summed E-state index contributed by atoms with van der Waals surface area (Å²) in [5.41, 5.74) is 1.41. The van der Waals surface area contributed by atoms with Gasteiger partial charge in [0.2, 0.25) is 0 Å². The van der Waals surface area contributed by atoms with Gasteiger partial charge in [-0.3, -0.25) is 4.90 Å². The zero-order valence-electron chi connectivity index (χ0n) is 9.32. The van der Waals surface area contributed by atoms with Crippen molar-refractivity contribution in [3.63, 3.8) is 0 Å². The Kier molecular flexibility index (Phi) is 3.01. The Morgan fingerprint density at radius 1 is 1.19 bits per heavy atom. The number of nitrogens with zero attached hydrogens (tertiary/aromatic N) is 1. The molecular weight excluding hydrogens is 264 g/mol. The molecule has 2 heterocycles. The van der Waals surface area contributed by atoms with E-state index in [0.29, 0.717) is 0 Å². The van der Waals surface area contributed by atoms with E-state index >= 15 is 0 Å². The van der Waals surface area contributed by atoms with E-state index in [0.717, 1.165) is 18.4 Å². The first kappa shape index (κ1) is 10.8. The predicted octanol–water partition coefficient (Wildman–Crippen LogP) is 2.10. The summed E-state index contributed by atoms with van der Waals surface area (Å²) >= 11 is 3.63. The highest BCUT2D eigenvalue weighted by molar-refractivity contribution is 9.10. The summed E-state index contributed by atoms with van der Waals surface area (Å²) < 4.78 is 1.24. The maximum Gasteiger partial charge on any atom is 0.0245 e. The van der Waals surface area contributed by atoms with Crippen molar-refractivity contribution in [2.75, 3.05) is 26.2 Å². The molecule has 1 aromatic rings. The molecule has 2 atom stereocenters. The molecule has 0 amide bonds. The molecular formula is C13H17BrN2. The molecule has 0 radical (unpaired) electrons. The highest BCUT2D eigenvalue weighted by atomic mass is 79.9. The number of fused-ring (bicyclic) bond motifs is 1. The van der Waals surface area contributed by atoms with Crippen LogP contribution in [0.1, 0.15) is 5.56 Å². The van der Waals surface area contributed by atoms with Gasteiger partial charge >= 0.3 is 0 Å². The van der Waals surface area contributed by atoms with Gasteiger partial charge in [0.05, 0.1) is 0 Å². The molecule has 0 saturated carbocycles. The van der Waals surface area contributed by atoms with Crippen molar-refractivity contribution in [3.8, 4) is 0 Å². The minimum absolute atomic E-state index is 0.891. The Bertz CT molecular complexity index is 368. The summed E-state index contributed by atoms with van der Waals surface area (Å²) in [6, 6.07) is 8.55. The molecule has 2 nitrogen and oxygen atoms in total. The normalized spacial score (nSPS) is 29.6. The van der Waals surface area contributed by atoms with Crippen molar-refractivity contribution in [3.05, 3.63) is 34.3 Å².